The van der Waals surface area contributed by atoms with Crippen molar-refractivity contribution in [2.24, 2.45) is 10.9 Å². The van der Waals surface area contributed by atoms with Crippen LogP contribution in [0.15, 0.2) is 102 Å². The minimum Gasteiger partial charge on any atom is -0.334 e. The standard InChI is InChI=1S/C33H34N6O/c1-2-8-26(22-36-32-18-13-28(21-34)24-37-32)11-7-20-39(33(40)38-23-27-9-4-3-5-10-27)31-16-14-29(15-17-31)30-12-6-19-35-25-30/h3-6,9-10,12-19,22,24-26H,2,7-8,11,20,23H2,1H3,(H,38,40)/b36-22-. The monoisotopic (exact) mass is 530 g/mol. The average Bonchev–Trinajstić information content (AvgIpc) is 3.02. The highest BCUT2D eigenvalue weighted by molar-refractivity contribution is 5.92. The molecule has 2 amide bonds. The second-order valence-electron chi connectivity index (χ2n) is 9.57. The van der Waals surface area contributed by atoms with Crippen molar-refractivity contribution in [1.29, 1.82) is 5.26 Å². The molecule has 202 valence electrons. The number of pyridine rings is 2. The quantitative estimate of drug-likeness (QED) is 0.194. The fourth-order valence-corrected chi connectivity index (χ4v) is 4.47. The Morgan fingerprint density at radius 2 is 1.82 bits per heavy atom. The van der Waals surface area contributed by atoms with Gasteiger partial charge in [-0.1, -0.05) is 61.9 Å². The largest absolute Gasteiger partial charge is 0.334 e. The van der Waals surface area contributed by atoms with Gasteiger partial charge < -0.3 is 5.32 Å². The first-order valence-electron chi connectivity index (χ1n) is 13.7. The van der Waals surface area contributed by atoms with Crippen molar-refractivity contribution in [2.75, 3.05) is 11.4 Å². The van der Waals surface area contributed by atoms with Crippen LogP contribution >= 0.6 is 0 Å². The number of carbonyl (C=O) groups excluding carboxylic acids is 1. The van der Waals surface area contributed by atoms with Gasteiger partial charge in [-0.3, -0.25) is 9.88 Å². The third kappa shape index (κ3) is 8.34. The molecule has 7 heteroatoms. The highest BCUT2D eigenvalue weighted by Gasteiger charge is 2.17. The summed E-state index contributed by atoms with van der Waals surface area (Å²) in [6.07, 6.45) is 10.8. The number of nitrogens with zero attached hydrogens (tertiary/aromatic N) is 5. The molecule has 0 saturated heterocycles. The molecule has 0 bridgehead atoms. The van der Waals surface area contributed by atoms with E-state index >= 15 is 0 Å². The molecular weight excluding hydrogens is 496 g/mol. The van der Waals surface area contributed by atoms with Gasteiger partial charge in [-0.15, -0.1) is 0 Å². The van der Waals surface area contributed by atoms with E-state index in [2.05, 4.69) is 33.3 Å². The van der Waals surface area contributed by atoms with Gasteiger partial charge in [0.1, 0.15) is 6.07 Å². The number of urea groups is 1. The van der Waals surface area contributed by atoms with Gasteiger partial charge in [-0.25, -0.2) is 14.8 Å². The minimum atomic E-state index is -0.125. The third-order valence-corrected chi connectivity index (χ3v) is 6.62. The van der Waals surface area contributed by atoms with Crippen molar-refractivity contribution in [1.82, 2.24) is 15.3 Å². The third-order valence-electron chi connectivity index (χ3n) is 6.62. The Hall–Kier alpha value is -4.83. The van der Waals surface area contributed by atoms with E-state index < -0.39 is 0 Å². The van der Waals surface area contributed by atoms with E-state index in [0.717, 1.165) is 48.1 Å². The molecule has 2 aromatic carbocycles. The highest BCUT2D eigenvalue weighted by atomic mass is 16.2. The Morgan fingerprint density at radius 3 is 2.50 bits per heavy atom. The first-order valence-corrected chi connectivity index (χ1v) is 13.7. The zero-order valence-electron chi connectivity index (χ0n) is 22.8. The molecule has 4 aromatic rings. The lowest BCUT2D eigenvalue weighted by molar-refractivity contribution is 0.245. The van der Waals surface area contributed by atoms with Crippen LogP contribution in [0.2, 0.25) is 0 Å². The number of anilines is 1. The topological polar surface area (TPSA) is 94.3 Å². The molecule has 1 atom stereocenters. The van der Waals surface area contributed by atoms with Crippen molar-refractivity contribution in [3.8, 4) is 17.2 Å². The molecule has 0 spiro atoms. The van der Waals surface area contributed by atoms with Gasteiger partial charge in [-0.2, -0.15) is 5.26 Å². The van der Waals surface area contributed by atoms with Crippen molar-refractivity contribution < 1.29 is 4.79 Å². The van der Waals surface area contributed by atoms with Gasteiger partial charge in [0.05, 0.1) is 5.56 Å². The molecular formula is C33H34N6O. The Morgan fingerprint density at radius 1 is 1.00 bits per heavy atom. The molecule has 0 saturated carbocycles. The van der Waals surface area contributed by atoms with Crippen molar-refractivity contribution >= 4 is 23.8 Å². The minimum absolute atomic E-state index is 0.125. The molecule has 2 aromatic heterocycles. The molecule has 1 unspecified atom stereocenters. The number of aromatic nitrogens is 2. The van der Waals surface area contributed by atoms with Crippen LogP contribution < -0.4 is 10.2 Å². The van der Waals surface area contributed by atoms with E-state index in [4.69, 9.17) is 5.26 Å². The maximum Gasteiger partial charge on any atom is 0.322 e. The van der Waals surface area contributed by atoms with Crippen LogP contribution in [0, 0.1) is 17.2 Å². The molecule has 4 rings (SSSR count). The van der Waals surface area contributed by atoms with E-state index in [0.29, 0.717) is 24.5 Å². The summed E-state index contributed by atoms with van der Waals surface area (Å²) in [5.41, 5.74) is 4.51. The van der Waals surface area contributed by atoms with Crippen LogP contribution in [-0.2, 0) is 6.54 Å². The number of nitriles is 1. The lowest BCUT2D eigenvalue weighted by Crippen LogP contribution is -2.40. The molecule has 0 aliphatic heterocycles. The van der Waals surface area contributed by atoms with Crippen molar-refractivity contribution in [2.45, 2.75) is 39.2 Å². The molecule has 0 aliphatic rings. The molecule has 0 fully saturated rings. The molecule has 1 N–H and O–H groups in total. The van der Waals surface area contributed by atoms with Crippen LogP contribution in [0.25, 0.3) is 11.1 Å². The maximum absolute atomic E-state index is 13.4. The fourth-order valence-electron chi connectivity index (χ4n) is 4.47. The number of nitrogens with one attached hydrogen (secondary N) is 1. The number of hydrogen-bond donors (Lipinski definition) is 1. The zero-order valence-corrected chi connectivity index (χ0v) is 22.8. The van der Waals surface area contributed by atoms with E-state index in [-0.39, 0.29) is 11.9 Å². The van der Waals surface area contributed by atoms with Crippen LogP contribution in [0.4, 0.5) is 16.3 Å². The summed E-state index contributed by atoms with van der Waals surface area (Å²) >= 11 is 0. The number of hydrogen-bond acceptors (Lipinski definition) is 5. The van der Waals surface area contributed by atoms with Crippen molar-refractivity contribution in [3.05, 3.63) is 109 Å². The average molecular weight is 531 g/mol. The number of benzene rings is 2. The van der Waals surface area contributed by atoms with E-state index in [1.54, 1.807) is 18.3 Å². The summed E-state index contributed by atoms with van der Waals surface area (Å²) in [6, 6.07) is 27.3. The van der Waals surface area contributed by atoms with Crippen LogP contribution in [-0.4, -0.2) is 28.8 Å². The van der Waals surface area contributed by atoms with Gasteiger partial charge >= 0.3 is 6.03 Å². The first-order chi connectivity index (χ1) is 19.7. The Labute approximate surface area is 236 Å². The predicted octanol–water partition coefficient (Wildman–Crippen LogP) is 7.33. The van der Waals surface area contributed by atoms with E-state index in [9.17, 15) is 4.79 Å². The second kappa shape index (κ2) is 14.9. The smallest absolute Gasteiger partial charge is 0.322 e. The first kappa shape index (κ1) is 28.2. The second-order valence-corrected chi connectivity index (χ2v) is 9.57. The van der Waals surface area contributed by atoms with Gasteiger partial charge in [0.25, 0.3) is 0 Å². The zero-order chi connectivity index (χ0) is 28.0. The summed E-state index contributed by atoms with van der Waals surface area (Å²) in [7, 11) is 0. The maximum atomic E-state index is 13.4. The Kier molecular flexibility index (Phi) is 10.5. The summed E-state index contributed by atoms with van der Waals surface area (Å²) in [5.74, 6) is 0.861. The van der Waals surface area contributed by atoms with Crippen LogP contribution in [0.5, 0.6) is 0 Å². The van der Waals surface area contributed by atoms with Crippen LogP contribution in [0.3, 0.4) is 0 Å². The summed E-state index contributed by atoms with van der Waals surface area (Å²) in [6.45, 7) is 3.20. The Bertz CT molecular complexity index is 1400. The molecule has 0 radical (unpaired) electrons. The predicted molar refractivity (Wildman–Crippen MR) is 160 cm³/mol. The van der Waals surface area contributed by atoms with E-state index in [1.165, 1.54) is 6.20 Å². The summed E-state index contributed by atoms with van der Waals surface area (Å²) < 4.78 is 0. The molecule has 0 aliphatic carbocycles. The van der Waals surface area contributed by atoms with Crippen LogP contribution in [0.1, 0.15) is 43.7 Å². The number of rotatable bonds is 12. The number of aliphatic imine (C=N–C) groups is 1. The highest BCUT2D eigenvalue weighted by Crippen LogP contribution is 2.24. The lowest BCUT2D eigenvalue weighted by Gasteiger charge is -2.24. The molecule has 7 nitrogen and oxygen atoms in total. The fraction of sp³-hybridized carbons (Fsp3) is 0.242. The summed E-state index contributed by atoms with van der Waals surface area (Å²) in [5, 5.41) is 12.1. The summed E-state index contributed by atoms with van der Waals surface area (Å²) in [4.78, 5) is 28.2. The number of carbonyl (C=O) groups is 1. The normalized spacial score (nSPS) is 11.6. The Balaban J connectivity index is 1.44. The number of amides is 2. The lowest BCUT2D eigenvalue weighted by atomic mass is 9.99. The van der Waals surface area contributed by atoms with Gasteiger partial charge in [0.15, 0.2) is 5.82 Å². The van der Waals surface area contributed by atoms with Gasteiger partial charge in [0.2, 0.25) is 0 Å². The molecule has 2 heterocycles. The van der Waals surface area contributed by atoms with E-state index in [1.807, 2.05) is 84.0 Å². The van der Waals surface area contributed by atoms with Crippen molar-refractivity contribution in [3.63, 3.8) is 0 Å². The van der Waals surface area contributed by atoms with Gasteiger partial charge in [-0.05, 0) is 72.2 Å². The van der Waals surface area contributed by atoms with Gasteiger partial charge in [0, 0.05) is 43.6 Å². The SMILES string of the molecule is CCCC(/C=N\c1ccc(C#N)cn1)CCCN(C(=O)NCc1ccccc1)c1ccc(-c2cccnc2)cc1. The molecule has 40 heavy (non-hydrogen) atoms.